The third-order valence-electron chi connectivity index (χ3n) is 1.83. The Morgan fingerprint density at radius 3 is 2.23 bits per heavy atom. The molecular formula is C11H18N2. The van der Waals surface area contributed by atoms with Gasteiger partial charge in [-0.1, -0.05) is 12.1 Å². The lowest BCUT2D eigenvalue weighted by atomic mass is 10.2. The molecule has 2 nitrogen and oxygen atoms in total. The number of hydrogen-bond donors (Lipinski definition) is 1. The third-order valence-corrected chi connectivity index (χ3v) is 1.83. The van der Waals surface area contributed by atoms with Gasteiger partial charge in [0, 0.05) is 18.8 Å². The minimum absolute atomic E-state index is 0.979. The predicted octanol–water partition coefficient (Wildman–Crippen LogP) is 2.18. The van der Waals surface area contributed by atoms with Crippen LogP contribution in [-0.4, -0.2) is 25.5 Å². The highest BCUT2D eigenvalue weighted by molar-refractivity contribution is 5.44. The number of anilines is 1. The first-order valence-electron chi connectivity index (χ1n) is 4.70. The SMILES string of the molecule is CCNc1ccc(CN(C)C)cc1. The van der Waals surface area contributed by atoms with Crippen LogP contribution in [0.1, 0.15) is 12.5 Å². The fourth-order valence-corrected chi connectivity index (χ4v) is 1.30. The molecule has 0 saturated carbocycles. The third kappa shape index (κ3) is 3.47. The van der Waals surface area contributed by atoms with Gasteiger partial charge in [-0.2, -0.15) is 0 Å². The molecule has 1 N–H and O–H groups in total. The number of nitrogens with zero attached hydrogens (tertiary/aromatic N) is 1. The Morgan fingerprint density at radius 2 is 1.77 bits per heavy atom. The van der Waals surface area contributed by atoms with Crippen LogP contribution in [0.4, 0.5) is 5.69 Å². The molecule has 13 heavy (non-hydrogen) atoms. The maximum absolute atomic E-state index is 3.27. The Kier molecular flexibility index (Phi) is 3.77. The maximum Gasteiger partial charge on any atom is 0.0340 e. The fraction of sp³-hybridized carbons (Fsp3) is 0.455. The van der Waals surface area contributed by atoms with Gasteiger partial charge in [0.15, 0.2) is 0 Å². The smallest absolute Gasteiger partial charge is 0.0340 e. The van der Waals surface area contributed by atoms with Gasteiger partial charge in [-0.15, -0.1) is 0 Å². The van der Waals surface area contributed by atoms with Gasteiger partial charge in [0.2, 0.25) is 0 Å². The lowest BCUT2D eigenvalue weighted by Gasteiger charge is -2.10. The lowest BCUT2D eigenvalue weighted by molar-refractivity contribution is 0.402. The zero-order valence-electron chi connectivity index (χ0n) is 8.67. The van der Waals surface area contributed by atoms with Gasteiger partial charge < -0.3 is 10.2 Å². The van der Waals surface area contributed by atoms with Gasteiger partial charge in [-0.3, -0.25) is 0 Å². The molecule has 0 bridgehead atoms. The quantitative estimate of drug-likeness (QED) is 0.760. The van der Waals surface area contributed by atoms with E-state index < -0.39 is 0 Å². The summed E-state index contributed by atoms with van der Waals surface area (Å²) < 4.78 is 0. The van der Waals surface area contributed by atoms with Crippen LogP contribution in [0.2, 0.25) is 0 Å². The molecule has 1 rings (SSSR count). The molecule has 0 unspecified atom stereocenters. The molecule has 1 aromatic rings. The molecule has 0 heterocycles. The van der Waals surface area contributed by atoms with E-state index in [0.717, 1.165) is 13.1 Å². The molecule has 0 saturated heterocycles. The van der Waals surface area contributed by atoms with Crippen molar-refractivity contribution in [2.45, 2.75) is 13.5 Å². The molecule has 0 aliphatic carbocycles. The van der Waals surface area contributed by atoms with Crippen LogP contribution in [0.5, 0.6) is 0 Å². The Balaban J connectivity index is 2.59. The van der Waals surface area contributed by atoms with E-state index in [-0.39, 0.29) is 0 Å². The van der Waals surface area contributed by atoms with Crippen molar-refractivity contribution in [3.63, 3.8) is 0 Å². The number of rotatable bonds is 4. The number of hydrogen-bond acceptors (Lipinski definition) is 2. The van der Waals surface area contributed by atoms with Crippen molar-refractivity contribution in [2.75, 3.05) is 26.0 Å². The van der Waals surface area contributed by atoms with Gasteiger partial charge in [0.1, 0.15) is 0 Å². The van der Waals surface area contributed by atoms with Gasteiger partial charge in [-0.25, -0.2) is 0 Å². The Hall–Kier alpha value is -1.02. The average molecular weight is 178 g/mol. The number of nitrogens with one attached hydrogen (secondary N) is 1. The summed E-state index contributed by atoms with van der Waals surface area (Å²) in [5.41, 5.74) is 2.55. The van der Waals surface area contributed by atoms with Crippen molar-refractivity contribution in [3.05, 3.63) is 29.8 Å². The highest BCUT2D eigenvalue weighted by atomic mass is 15.0. The van der Waals surface area contributed by atoms with Crippen LogP contribution in [0.15, 0.2) is 24.3 Å². The second-order valence-electron chi connectivity index (χ2n) is 3.47. The van der Waals surface area contributed by atoms with E-state index in [2.05, 4.69) is 55.5 Å². The Labute approximate surface area is 80.6 Å². The average Bonchev–Trinajstić information content (AvgIpc) is 2.08. The van der Waals surface area contributed by atoms with E-state index in [0.29, 0.717) is 0 Å². The van der Waals surface area contributed by atoms with E-state index >= 15 is 0 Å². The van der Waals surface area contributed by atoms with Crippen LogP contribution in [0.3, 0.4) is 0 Å². The zero-order chi connectivity index (χ0) is 9.68. The highest BCUT2D eigenvalue weighted by Crippen LogP contribution is 2.09. The van der Waals surface area contributed by atoms with E-state index in [1.807, 2.05) is 0 Å². The molecule has 72 valence electrons. The molecule has 0 aromatic heterocycles. The van der Waals surface area contributed by atoms with E-state index in [1.165, 1.54) is 11.3 Å². The summed E-state index contributed by atoms with van der Waals surface area (Å²) in [6.45, 7) is 4.09. The van der Waals surface area contributed by atoms with Gasteiger partial charge in [-0.05, 0) is 38.7 Å². The van der Waals surface area contributed by atoms with E-state index in [1.54, 1.807) is 0 Å². The lowest BCUT2D eigenvalue weighted by Crippen LogP contribution is -2.10. The maximum atomic E-state index is 3.27. The Morgan fingerprint density at radius 1 is 1.15 bits per heavy atom. The molecule has 0 fully saturated rings. The summed E-state index contributed by atoms with van der Waals surface area (Å²) in [6, 6.07) is 8.58. The summed E-state index contributed by atoms with van der Waals surface area (Å²) >= 11 is 0. The summed E-state index contributed by atoms with van der Waals surface area (Å²) in [4.78, 5) is 2.17. The predicted molar refractivity (Wildman–Crippen MR) is 58.0 cm³/mol. The molecule has 2 heteroatoms. The largest absolute Gasteiger partial charge is 0.385 e. The van der Waals surface area contributed by atoms with Crippen molar-refractivity contribution in [2.24, 2.45) is 0 Å². The van der Waals surface area contributed by atoms with Crippen molar-refractivity contribution in [1.82, 2.24) is 4.90 Å². The molecular weight excluding hydrogens is 160 g/mol. The van der Waals surface area contributed by atoms with E-state index in [4.69, 9.17) is 0 Å². The summed E-state index contributed by atoms with van der Waals surface area (Å²) in [6.07, 6.45) is 0. The molecule has 0 radical (unpaired) electrons. The minimum atomic E-state index is 0.979. The van der Waals surface area contributed by atoms with Gasteiger partial charge in [0.05, 0.1) is 0 Å². The first-order chi connectivity index (χ1) is 6.22. The van der Waals surface area contributed by atoms with Gasteiger partial charge >= 0.3 is 0 Å². The van der Waals surface area contributed by atoms with Gasteiger partial charge in [0.25, 0.3) is 0 Å². The van der Waals surface area contributed by atoms with Crippen molar-refractivity contribution < 1.29 is 0 Å². The molecule has 0 aliphatic heterocycles. The van der Waals surface area contributed by atoms with Crippen molar-refractivity contribution >= 4 is 5.69 Å². The summed E-state index contributed by atoms with van der Waals surface area (Å²) in [5.74, 6) is 0. The second-order valence-corrected chi connectivity index (χ2v) is 3.47. The van der Waals surface area contributed by atoms with Crippen LogP contribution in [0, 0.1) is 0 Å². The second kappa shape index (κ2) is 4.87. The monoisotopic (exact) mass is 178 g/mol. The van der Waals surface area contributed by atoms with E-state index in [9.17, 15) is 0 Å². The molecule has 0 spiro atoms. The molecule has 0 aliphatic rings. The molecule has 0 amide bonds. The topological polar surface area (TPSA) is 15.3 Å². The summed E-state index contributed by atoms with van der Waals surface area (Å²) in [5, 5.41) is 3.27. The first kappa shape index (κ1) is 10.1. The minimum Gasteiger partial charge on any atom is -0.385 e. The normalized spacial score (nSPS) is 10.5. The van der Waals surface area contributed by atoms with Crippen LogP contribution in [-0.2, 0) is 6.54 Å². The van der Waals surface area contributed by atoms with Crippen LogP contribution < -0.4 is 5.32 Å². The Bertz CT molecular complexity index is 239. The number of benzene rings is 1. The first-order valence-corrected chi connectivity index (χ1v) is 4.70. The zero-order valence-corrected chi connectivity index (χ0v) is 8.67. The van der Waals surface area contributed by atoms with Crippen LogP contribution >= 0.6 is 0 Å². The summed E-state index contributed by atoms with van der Waals surface area (Å²) in [7, 11) is 4.16. The highest BCUT2D eigenvalue weighted by Gasteiger charge is 1.94. The van der Waals surface area contributed by atoms with Crippen LogP contribution in [0.25, 0.3) is 0 Å². The molecule has 1 aromatic carbocycles. The van der Waals surface area contributed by atoms with Crippen molar-refractivity contribution in [1.29, 1.82) is 0 Å². The molecule has 0 atom stereocenters. The van der Waals surface area contributed by atoms with Crippen molar-refractivity contribution in [3.8, 4) is 0 Å². The fourth-order valence-electron chi connectivity index (χ4n) is 1.30. The standard InChI is InChI=1S/C11H18N2/c1-4-12-11-7-5-10(6-8-11)9-13(2)3/h5-8,12H,4,9H2,1-3H3.